The minimum Gasteiger partial charge on any atom is -0.454 e. The predicted molar refractivity (Wildman–Crippen MR) is 78.9 cm³/mol. The fourth-order valence-corrected chi connectivity index (χ4v) is 0.480. The van der Waals surface area contributed by atoms with Crippen molar-refractivity contribution in [2.75, 3.05) is 0 Å². The Morgan fingerprint density at radius 3 is 1.42 bits per heavy atom. The number of rotatable bonds is 5. The maximum absolute atomic E-state index is 10.3. The summed E-state index contributed by atoms with van der Waals surface area (Å²) in [5, 5.41) is 8.07. The molecule has 19 heavy (non-hydrogen) atoms. The molecule has 0 aromatic carbocycles. The van der Waals surface area contributed by atoms with Crippen LogP contribution in [-0.4, -0.2) is 28.5 Å². The average Bonchev–Trinajstić information content (AvgIpc) is 2.34. The van der Waals surface area contributed by atoms with Gasteiger partial charge in [0.25, 0.3) is 0 Å². The highest BCUT2D eigenvalue weighted by Gasteiger charge is 1.99. The second kappa shape index (κ2) is 16.4. The summed E-state index contributed by atoms with van der Waals surface area (Å²) in [6.45, 7) is 16.1. The number of aliphatic hydroxyl groups excluding tert-OH is 1. The third kappa shape index (κ3) is 31.4. The van der Waals surface area contributed by atoms with Crippen molar-refractivity contribution < 1.29 is 19.4 Å². The number of aliphatic hydroxyl groups is 1. The molecule has 0 saturated carbocycles. The van der Waals surface area contributed by atoms with Gasteiger partial charge in [0.2, 0.25) is 5.24 Å². The highest BCUT2D eigenvalue weighted by molar-refractivity contribution is 6.62. The molecule has 0 fully saturated rings. The monoisotopic (exact) mass is 288 g/mol. The minimum atomic E-state index is -0.537. The van der Waals surface area contributed by atoms with Gasteiger partial charge in [-0.25, -0.2) is 0 Å². The molecule has 0 rings (SSSR count). The summed E-state index contributed by atoms with van der Waals surface area (Å²) in [7, 11) is 0. The molecule has 0 amide bonds. The van der Waals surface area contributed by atoms with Crippen molar-refractivity contribution in [2.45, 2.75) is 26.1 Å². The van der Waals surface area contributed by atoms with Gasteiger partial charge in [0.1, 0.15) is 6.10 Å². The Kier molecular flexibility index (Phi) is 19.4. The van der Waals surface area contributed by atoms with Crippen LogP contribution in [0.5, 0.6) is 0 Å². The zero-order valence-electron chi connectivity index (χ0n) is 11.3. The van der Waals surface area contributed by atoms with Gasteiger partial charge in [-0.1, -0.05) is 25.3 Å². The van der Waals surface area contributed by atoms with E-state index in [0.29, 0.717) is 0 Å². The van der Waals surface area contributed by atoms with Crippen molar-refractivity contribution in [1.29, 1.82) is 0 Å². The van der Waals surface area contributed by atoms with Gasteiger partial charge >= 0.3 is 5.97 Å². The van der Waals surface area contributed by atoms with Crippen molar-refractivity contribution >= 4 is 22.8 Å². The lowest BCUT2D eigenvalue weighted by Gasteiger charge is -2.05. The van der Waals surface area contributed by atoms with Crippen LogP contribution < -0.4 is 0 Å². The molecular formula is C14H21ClO4. The van der Waals surface area contributed by atoms with E-state index in [-0.39, 0.29) is 17.3 Å². The molecule has 0 aromatic heterocycles. The number of esters is 1. The summed E-state index contributed by atoms with van der Waals surface area (Å²) in [4.78, 5) is 19.5. The Morgan fingerprint density at radius 1 is 1.05 bits per heavy atom. The summed E-state index contributed by atoms with van der Waals surface area (Å²) < 4.78 is 4.67. The molecule has 0 saturated heterocycles. The van der Waals surface area contributed by atoms with Crippen LogP contribution in [0.15, 0.2) is 50.6 Å². The SMILES string of the molecule is C=CC(C=C)OC(C)=O.C=CC(O)C=C.CC(=O)Cl. The Hall–Kier alpha value is -1.65. The molecular weight excluding hydrogens is 268 g/mol. The summed E-state index contributed by atoms with van der Waals surface area (Å²) in [6, 6.07) is 0. The molecule has 5 heteroatoms. The van der Waals surface area contributed by atoms with Crippen LogP contribution in [0.2, 0.25) is 0 Å². The lowest BCUT2D eigenvalue weighted by atomic mass is 10.3. The molecule has 0 aliphatic rings. The second-order valence-corrected chi connectivity index (χ2v) is 3.51. The number of ether oxygens (including phenoxy) is 1. The molecule has 0 unspecified atom stereocenters. The summed E-state index contributed by atoms with van der Waals surface area (Å²) in [6.07, 6.45) is 4.95. The van der Waals surface area contributed by atoms with Gasteiger partial charge in [0, 0.05) is 13.8 Å². The maximum Gasteiger partial charge on any atom is 0.303 e. The molecule has 0 bridgehead atoms. The maximum atomic E-state index is 10.3. The van der Waals surface area contributed by atoms with Gasteiger partial charge in [0.05, 0.1) is 6.10 Å². The van der Waals surface area contributed by atoms with Crippen LogP contribution in [0.25, 0.3) is 0 Å². The fourth-order valence-electron chi connectivity index (χ4n) is 0.480. The molecule has 0 radical (unpaired) electrons. The van der Waals surface area contributed by atoms with E-state index in [1.807, 2.05) is 0 Å². The number of halogens is 1. The summed E-state index contributed by atoms with van der Waals surface area (Å²) in [5.41, 5.74) is 0. The largest absolute Gasteiger partial charge is 0.454 e. The Labute approximate surface area is 119 Å². The van der Waals surface area contributed by atoms with Crippen LogP contribution >= 0.6 is 11.6 Å². The Bertz CT molecular complexity index is 291. The van der Waals surface area contributed by atoms with E-state index >= 15 is 0 Å². The van der Waals surface area contributed by atoms with E-state index in [1.54, 1.807) is 0 Å². The molecule has 0 spiro atoms. The normalized spacial score (nSPS) is 8.11. The van der Waals surface area contributed by atoms with Gasteiger partial charge in [-0.3, -0.25) is 9.59 Å². The third-order valence-electron chi connectivity index (χ3n) is 1.25. The lowest BCUT2D eigenvalue weighted by molar-refractivity contribution is -0.142. The first-order chi connectivity index (χ1) is 8.74. The highest BCUT2D eigenvalue weighted by atomic mass is 35.5. The molecule has 4 nitrogen and oxygen atoms in total. The zero-order valence-corrected chi connectivity index (χ0v) is 12.1. The zero-order chi connectivity index (χ0) is 15.8. The van der Waals surface area contributed by atoms with Gasteiger partial charge in [-0.15, -0.1) is 13.2 Å². The summed E-state index contributed by atoms with van der Waals surface area (Å²) in [5.74, 6) is -0.320. The standard InChI is InChI=1S/C7H10O2.C5H8O.C2H3ClO/c1-4-7(5-2)9-6(3)8;1-3-5(6)4-2;1-2(3)4/h4-5,7H,1-2H2,3H3;3-6H,1-2H2;1H3. The predicted octanol–water partition coefficient (Wildman–Crippen LogP) is 2.78. The van der Waals surface area contributed by atoms with Crippen molar-refractivity contribution in [3.8, 4) is 0 Å². The number of carbonyl (C=O) groups is 2. The molecule has 0 atom stereocenters. The van der Waals surface area contributed by atoms with Crippen molar-refractivity contribution in [1.82, 2.24) is 0 Å². The highest BCUT2D eigenvalue weighted by Crippen LogP contribution is 1.93. The quantitative estimate of drug-likeness (QED) is 0.480. The molecule has 0 aliphatic carbocycles. The number of hydrogen-bond donors (Lipinski definition) is 1. The van der Waals surface area contributed by atoms with Gasteiger partial charge in [0.15, 0.2) is 0 Å². The Morgan fingerprint density at radius 2 is 1.37 bits per heavy atom. The minimum absolute atomic E-state index is 0.320. The van der Waals surface area contributed by atoms with E-state index in [2.05, 4.69) is 42.7 Å². The van der Waals surface area contributed by atoms with Gasteiger partial charge in [-0.2, -0.15) is 0 Å². The van der Waals surface area contributed by atoms with E-state index in [4.69, 9.17) is 5.11 Å². The van der Waals surface area contributed by atoms with E-state index in [1.165, 1.54) is 38.2 Å². The van der Waals surface area contributed by atoms with Crippen molar-refractivity contribution in [3.63, 3.8) is 0 Å². The van der Waals surface area contributed by atoms with E-state index in [0.717, 1.165) is 0 Å². The van der Waals surface area contributed by atoms with Gasteiger partial charge < -0.3 is 9.84 Å². The van der Waals surface area contributed by atoms with Gasteiger partial charge in [-0.05, 0) is 23.8 Å². The molecule has 1 N–H and O–H groups in total. The van der Waals surface area contributed by atoms with Crippen molar-refractivity contribution in [3.05, 3.63) is 50.6 Å². The molecule has 0 aliphatic heterocycles. The molecule has 108 valence electrons. The lowest BCUT2D eigenvalue weighted by Crippen LogP contribution is -2.09. The summed E-state index contributed by atoms with van der Waals surface area (Å²) >= 11 is 4.64. The number of carbonyl (C=O) groups excluding carboxylic acids is 2. The first kappa shape index (κ1) is 22.5. The Balaban J connectivity index is -0.000000222. The topological polar surface area (TPSA) is 63.6 Å². The first-order valence-corrected chi connectivity index (χ1v) is 5.64. The second-order valence-electron chi connectivity index (χ2n) is 2.98. The molecule has 0 heterocycles. The first-order valence-electron chi connectivity index (χ1n) is 5.26. The van der Waals surface area contributed by atoms with E-state index in [9.17, 15) is 9.59 Å². The van der Waals surface area contributed by atoms with Crippen molar-refractivity contribution in [2.24, 2.45) is 0 Å². The van der Waals surface area contributed by atoms with Crippen LogP contribution in [0, 0.1) is 0 Å². The van der Waals surface area contributed by atoms with Crippen LogP contribution in [0.3, 0.4) is 0 Å². The fraction of sp³-hybridized carbons (Fsp3) is 0.286. The van der Waals surface area contributed by atoms with Crippen LogP contribution in [0.4, 0.5) is 0 Å². The molecule has 0 aromatic rings. The van der Waals surface area contributed by atoms with Crippen LogP contribution in [0.1, 0.15) is 13.8 Å². The number of hydrogen-bond acceptors (Lipinski definition) is 4. The smallest absolute Gasteiger partial charge is 0.303 e. The average molecular weight is 289 g/mol. The third-order valence-corrected chi connectivity index (χ3v) is 1.25. The van der Waals surface area contributed by atoms with Crippen LogP contribution in [-0.2, 0) is 14.3 Å². The van der Waals surface area contributed by atoms with E-state index < -0.39 is 6.10 Å².